The van der Waals surface area contributed by atoms with Gasteiger partial charge < -0.3 is 14.7 Å². The molecular weight excluding hydrogens is 216 g/mol. The van der Waals surface area contributed by atoms with Gasteiger partial charge in [0.1, 0.15) is 0 Å². The Labute approximate surface area is 103 Å². The first-order chi connectivity index (χ1) is 7.99. The molecule has 0 atom stereocenters. The van der Waals surface area contributed by atoms with E-state index in [0.29, 0.717) is 11.9 Å². The largest absolute Gasteiger partial charge is 0.347 e. The summed E-state index contributed by atoms with van der Waals surface area (Å²) in [6.07, 6.45) is 0. The van der Waals surface area contributed by atoms with Crippen LogP contribution in [-0.4, -0.2) is 56.2 Å². The van der Waals surface area contributed by atoms with Gasteiger partial charge in [0.25, 0.3) is 0 Å². The summed E-state index contributed by atoms with van der Waals surface area (Å²) in [5.74, 6) is 2.11. The molecule has 0 aliphatic heterocycles. The van der Waals surface area contributed by atoms with Crippen molar-refractivity contribution in [2.75, 3.05) is 56.0 Å². The van der Waals surface area contributed by atoms with Crippen molar-refractivity contribution in [1.82, 2.24) is 15.0 Å². The first-order valence-electron chi connectivity index (χ1n) is 5.85. The van der Waals surface area contributed by atoms with Gasteiger partial charge >= 0.3 is 0 Å². The normalized spacial score (nSPS) is 10.2. The minimum Gasteiger partial charge on any atom is -0.347 e. The lowest BCUT2D eigenvalue weighted by atomic mass is 10.5. The van der Waals surface area contributed by atoms with Crippen LogP contribution in [0.4, 0.5) is 17.8 Å². The Morgan fingerprint density at radius 3 is 1.35 bits per heavy atom. The van der Waals surface area contributed by atoms with Crippen molar-refractivity contribution in [2.45, 2.75) is 13.8 Å². The summed E-state index contributed by atoms with van der Waals surface area (Å²) in [6, 6.07) is 0. The Balaban J connectivity index is 3.20. The van der Waals surface area contributed by atoms with Crippen LogP contribution in [0.2, 0.25) is 0 Å². The molecule has 1 aromatic heterocycles. The maximum absolute atomic E-state index is 4.46. The van der Waals surface area contributed by atoms with E-state index in [4.69, 9.17) is 0 Å². The summed E-state index contributed by atoms with van der Waals surface area (Å²) in [7, 11) is 7.73. The molecule has 1 aromatic rings. The summed E-state index contributed by atoms with van der Waals surface area (Å²) >= 11 is 0. The molecule has 0 bridgehead atoms. The van der Waals surface area contributed by atoms with Gasteiger partial charge in [0.15, 0.2) is 0 Å². The summed E-state index contributed by atoms with van der Waals surface area (Å²) in [5.41, 5.74) is 0. The van der Waals surface area contributed by atoms with E-state index in [1.165, 1.54) is 0 Å². The van der Waals surface area contributed by atoms with Crippen molar-refractivity contribution in [3.8, 4) is 0 Å². The molecule has 0 saturated carbocycles. The zero-order chi connectivity index (χ0) is 13.0. The van der Waals surface area contributed by atoms with Crippen molar-refractivity contribution in [1.29, 1.82) is 0 Å². The molecule has 0 saturated heterocycles. The second kappa shape index (κ2) is 5.65. The third-order valence-corrected chi connectivity index (χ3v) is 2.45. The molecule has 0 fully saturated rings. The molecule has 0 aliphatic rings. The van der Waals surface area contributed by atoms with Gasteiger partial charge in [0.2, 0.25) is 17.8 Å². The Hall–Kier alpha value is -1.59. The highest BCUT2D eigenvalue weighted by molar-refractivity contribution is 5.45. The van der Waals surface area contributed by atoms with E-state index in [9.17, 15) is 0 Å². The van der Waals surface area contributed by atoms with Crippen molar-refractivity contribution in [2.24, 2.45) is 0 Å². The predicted octanol–water partition coefficient (Wildman–Crippen LogP) is 0.850. The zero-order valence-corrected chi connectivity index (χ0v) is 11.6. The van der Waals surface area contributed by atoms with E-state index in [-0.39, 0.29) is 0 Å². The van der Waals surface area contributed by atoms with Crippen LogP contribution < -0.4 is 14.7 Å². The van der Waals surface area contributed by atoms with E-state index < -0.39 is 0 Å². The minimum atomic E-state index is 0.686. The van der Waals surface area contributed by atoms with E-state index in [0.717, 1.165) is 19.0 Å². The van der Waals surface area contributed by atoms with Gasteiger partial charge in [-0.2, -0.15) is 15.0 Å². The maximum atomic E-state index is 4.46. The van der Waals surface area contributed by atoms with Gasteiger partial charge in [-0.05, 0) is 13.8 Å². The molecule has 1 heterocycles. The van der Waals surface area contributed by atoms with Crippen LogP contribution in [0.25, 0.3) is 0 Å². The quantitative estimate of drug-likeness (QED) is 0.758. The SMILES string of the molecule is CCN(CC)c1nc(N(C)C)nc(N(C)C)n1. The standard InChI is InChI=1S/C11H22N6/c1-7-17(8-2)11-13-9(15(3)4)12-10(14-11)16(5)6/h7-8H2,1-6H3. The second-order valence-corrected chi connectivity index (χ2v) is 4.20. The Kier molecular flexibility index (Phi) is 4.48. The highest BCUT2D eigenvalue weighted by Gasteiger charge is 2.12. The third kappa shape index (κ3) is 3.18. The second-order valence-electron chi connectivity index (χ2n) is 4.20. The van der Waals surface area contributed by atoms with Crippen LogP contribution in [0, 0.1) is 0 Å². The lowest BCUT2D eigenvalue weighted by Gasteiger charge is -2.22. The molecule has 0 unspecified atom stereocenters. The van der Waals surface area contributed by atoms with Crippen LogP contribution >= 0.6 is 0 Å². The van der Waals surface area contributed by atoms with E-state index in [1.807, 2.05) is 38.0 Å². The number of nitrogens with zero attached hydrogens (tertiary/aromatic N) is 6. The number of rotatable bonds is 5. The average Bonchev–Trinajstić information content (AvgIpc) is 2.30. The predicted molar refractivity (Wildman–Crippen MR) is 72.0 cm³/mol. The summed E-state index contributed by atoms with van der Waals surface area (Å²) < 4.78 is 0. The van der Waals surface area contributed by atoms with Crippen LogP contribution in [0.1, 0.15) is 13.8 Å². The fraction of sp³-hybridized carbons (Fsp3) is 0.727. The molecule has 0 N–H and O–H groups in total. The smallest absolute Gasteiger partial charge is 0.231 e. The van der Waals surface area contributed by atoms with Crippen LogP contribution in [0.15, 0.2) is 0 Å². The molecule has 0 amide bonds. The van der Waals surface area contributed by atoms with E-state index >= 15 is 0 Å². The first kappa shape index (κ1) is 13.5. The maximum Gasteiger partial charge on any atom is 0.231 e. The van der Waals surface area contributed by atoms with Crippen LogP contribution in [-0.2, 0) is 0 Å². The average molecular weight is 238 g/mol. The lowest BCUT2D eigenvalue weighted by molar-refractivity contribution is 0.799. The van der Waals surface area contributed by atoms with Crippen molar-refractivity contribution in [3.05, 3.63) is 0 Å². The lowest BCUT2D eigenvalue weighted by Crippen LogP contribution is -2.27. The first-order valence-corrected chi connectivity index (χ1v) is 5.85. The fourth-order valence-electron chi connectivity index (χ4n) is 1.39. The number of anilines is 3. The molecule has 0 aromatic carbocycles. The molecule has 0 radical (unpaired) electrons. The molecule has 96 valence electrons. The molecule has 6 nitrogen and oxygen atoms in total. The Bertz CT molecular complexity index is 333. The van der Waals surface area contributed by atoms with Crippen molar-refractivity contribution >= 4 is 17.8 Å². The fourth-order valence-corrected chi connectivity index (χ4v) is 1.39. The highest BCUT2D eigenvalue weighted by Crippen LogP contribution is 2.16. The number of hydrogen-bond acceptors (Lipinski definition) is 6. The number of hydrogen-bond donors (Lipinski definition) is 0. The van der Waals surface area contributed by atoms with Crippen molar-refractivity contribution in [3.63, 3.8) is 0 Å². The van der Waals surface area contributed by atoms with Gasteiger partial charge in [-0.15, -0.1) is 0 Å². The van der Waals surface area contributed by atoms with Crippen LogP contribution in [0.5, 0.6) is 0 Å². The van der Waals surface area contributed by atoms with Gasteiger partial charge in [-0.1, -0.05) is 0 Å². The Morgan fingerprint density at radius 2 is 1.06 bits per heavy atom. The van der Waals surface area contributed by atoms with E-state index in [1.54, 1.807) is 0 Å². The summed E-state index contributed by atoms with van der Waals surface area (Å²) in [5, 5.41) is 0. The van der Waals surface area contributed by atoms with Gasteiger partial charge in [0, 0.05) is 41.3 Å². The zero-order valence-electron chi connectivity index (χ0n) is 11.6. The minimum absolute atomic E-state index is 0.686. The van der Waals surface area contributed by atoms with Crippen LogP contribution in [0.3, 0.4) is 0 Å². The molecular formula is C11H22N6. The van der Waals surface area contributed by atoms with Gasteiger partial charge in [-0.25, -0.2) is 0 Å². The summed E-state index contributed by atoms with van der Waals surface area (Å²) in [4.78, 5) is 19.2. The Morgan fingerprint density at radius 1 is 0.706 bits per heavy atom. The molecule has 0 aliphatic carbocycles. The van der Waals surface area contributed by atoms with Gasteiger partial charge in [-0.3, -0.25) is 0 Å². The topological polar surface area (TPSA) is 48.4 Å². The highest BCUT2D eigenvalue weighted by atomic mass is 15.4. The molecule has 0 spiro atoms. The van der Waals surface area contributed by atoms with Gasteiger partial charge in [0.05, 0.1) is 0 Å². The molecule has 6 heteroatoms. The van der Waals surface area contributed by atoms with Crippen molar-refractivity contribution < 1.29 is 0 Å². The molecule has 1 rings (SSSR count). The number of aromatic nitrogens is 3. The third-order valence-electron chi connectivity index (χ3n) is 2.45. The monoisotopic (exact) mass is 238 g/mol. The van der Waals surface area contributed by atoms with E-state index in [2.05, 4.69) is 33.7 Å². The summed E-state index contributed by atoms with van der Waals surface area (Å²) in [6.45, 7) is 5.97. The molecule has 17 heavy (non-hydrogen) atoms.